The number of ether oxygens (including phenoxy) is 1. The van der Waals surface area contributed by atoms with Gasteiger partial charge in [-0.1, -0.05) is 6.58 Å². The zero-order valence-corrected chi connectivity index (χ0v) is 19.3. The monoisotopic (exact) mass is 466 g/mol. The number of nitrogens with two attached hydrogens (primary N) is 1. The molecule has 1 saturated heterocycles. The summed E-state index contributed by atoms with van der Waals surface area (Å²) in [6, 6.07) is 13.8. The molecule has 2 N–H and O–H groups in total. The molecule has 176 valence electrons. The minimum absolute atomic E-state index is 0.0508. The summed E-state index contributed by atoms with van der Waals surface area (Å²) in [5, 5.41) is 0. The number of imidazole rings is 1. The van der Waals surface area contributed by atoms with Gasteiger partial charge in [-0.15, -0.1) is 0 Å². The number of rotatable bonds is 6. The number of aromatic nitrogens is 4. The molecule has 1 atom stereocenters. The van der Waals surface area contributed by atoms with Crippen LogP contribution in [0.15, 0.2) is 67.5 Å². The van der Waals surface area contributed by atoms with E-state index in [0.29, 0.717) is 36.6 Å². The van der Waals surface area contributed by atoms with Gasteiger partial charge in [0.2, 0.25) is 17.7 Å². The Hall–Kier alpha value is -4.20. The van der Waals surface area contributed by atoms with Crippen LogP contribution >= 0.6 is 0 Å². The first-order valence-electron chi connectivity index (χ1n) is 11.9. The van der Waals surface area contributed by atoms with Crippen LogP contribution in [-0.2, 0) is 4.79 Å². The number of nitrogen functional groups attached to an aromatic ring is 1. The molecule has 8 nitrogen and oxygen atoms in total. The second-order valence-corrected chi connectivity index (χ2v) is 9.15. The number of amides is 1. The van der Waals surface area contributed by atoms with E-state index in [9.17, 15) is 4.79 Å². The highest BCUT2D eigenvalue weighted by atomic mass is 16.5. The first-order chi connectivity index (χ1) is 17.1. The molecule has 4 aromatic rings. The second kappa shape index (κ2) is 8.54. The Morgan fingerprint density at radius 1 is 1.06 bits per heavy atom. The molecular weight excluding hydrogens is 440 g/mol. The maximum Gasteiger partial charge on any atom is 0.245 e. The fourth-order valence-corrected chi connectivity index (χ4v) is 4.83. The summed E-state index contributed by atoms with van der Waals surface area (Å²) in [6.45, 7) is 4.90. The Labute approximate surface area is 203 Å². The SMILES string of the molecule is C=CC(=O)N1CCC(c2nc(-c3ccc(Oc4cc(C5CC5)ccn4)cc3)n3c(N)nccc23)C1. The third-order valence-electron chi connectivity index (χ3n) is 6.81. The fraction of sp³-hybridized carbons (Fsp3) is 0.259. The van der Waals surface area contributed by atoms with Gasteiger partial charge in [-0.05, 0) is 73.2 Å². The summed E-state index contributed by atoms with van der Waals surface area (Å²) < 4.78 is 7.89. The van der Waals surface area contributed by atoms with E-state index in [4.69, 9.17) is 15.5 Å². The lowest BCUT2D eigenvalue weighted by Gasteiger charge is -2.13. The molecule has 0 bridgehead atoms. The molecular formula is C27H26N6O2. The molecule has 2 aliphatic rings. The van der Waals surface area contributed by atoms with Crippen molar-refractivity contribution in [3.05, 3.63) is 78.8 Å². The van der Waals surface area contributed by atoms with Gasteiger partial charge in [0.15, 0.2) is 0 Å². The van der Waals surface area contributed by atoms with E-state index in [1.165, 1.54) is 24.5 Å². The zero-order chi connectivity index (χ0) is 23.9. The van der Waals surface area contributed by atoms with Crippen molar-refractivity contribution in [1.82, 2.24) is 24.3 Å². The number of anilines is 1. The van der Waals surface area contributed by atoms with Gasteiger partial charge in [0.05, 0.1) is 11.2 Å². The van der Waals surface area contributed by atoms with E-state index in [-0.39, 0.29) is 11.8 Å². The molecule has 0 radical (unpaired) electrons. The third kappa shape index (κ3) is 4.01. The predicted octanol–water partition coefficient (Wildman–Crippen LogP) is 4.55. The Morgan fingerprint density at radius 2 is 1.86 bits per heavy atom. The summed E-state index contributed by atoms with van der Waals surface area (Å²) >= 11 is 0. The fourth-order valence-electron chi connectivity index (χ4n) is 4.83. The smallest absolute Gasteiger partial charge is 0.245 e. The van der Waals surface area contributed by atoms with Gasteiger partial charge < -0.3 is 15.4 Å². The number of benzene rings is 1. The largest absolute Gasteiger partial charge is 0.439 e. The number of fused-ring (bicyclic) bond motifs is 1. The van der Waals surface area contributed by atoms with Crippen LogP contribution in [-0.4, -0.2) is 43.2 Å². The minimum atomic E-state index is -0.0508. The minimum Gasteiger partial charge on any atom is -0.439 e. The molecule has 0 spiro atoms. The summed E-state index contributed by atoms with van der Waals surface area (Å²) in [7, 11) is 0. The van der Waals surface area contributed by atoms with Crippen LogP contribution in [0.4, 0.5) is 5.95 Å². The van der Waals surface area contributed by atoms with E-state index in [2.05, 4.69) is 22.6 Å². The Bertz CT molecular complexity index is 1420. The van der Waals surface area contributed by atoms with E-state index >= 15 is 0 Å². The lowest BCUT2D eigenvalue weighted by molar-refractivity contribution is -0.125. The Kier molecular flexibility index (Phi) is 5.21. The van der Waals surface area contributed by atoms with Gasteiger partial charge in [0.25, 0.3) is 0 Å². The van der Waals surface area contributed by atoms with Crippen LogP contribution < -0.4 is 10.5 Å². The topological polar surface area (TPSA) is 98.6 Å². The van der Waals surface area contributed by atoms with Crippen LogP contribution in [0.2, 0.25) is 0 Å². The standard InChI is InChI=1S/C27H26N6O2/c1-2-24(34)32-14-11-20(16-32)25-22-10-13-30-27(28)33(22)26(31-25)18-5-7-21(8-6-18)35-23-15-19(9-12-29-23)17-3-4-17/h2,5-10,12-13,15,17,20H,1,3-4,11,14,16H2,(H2,28,30). The van der Waals surface area contributed by atoms with Crippen molar-refractivity contribution < 1.29 is 9.53 Å². The summed E-state index contributed by atoms with van der Waals surface area (Å²) in [4.78, 5) is 27.5. The van der Waals surface area contributed by atoms with Gasteiger partial charge >= 0.3 is 0 Å². The molecule has 1 saturated carbocycles. The molecule has 1 unspecified atom stereocenters. The average Bonchev–Trinajstić information content (AvgIpc) is 3.49. The molecule has 1 amide bonds. The van der Waals surface area contributed by atoms with Crippen molar-refractivity contribution in [3.63, 3.8) is 0 Å². The maximum atomic E-state index is 12.1. The Morgan fingerprint density at radius 3 is 2.63 bits per heavy atom. The van der Waals surface area contributed by atoms with Gasteiger partial charge in [-0.25, -0.2) is 15.0 Å². The average molecular weight is 467 g/mol. The van der Waals surface area contributed by atoms with Crippen molar-refractivity contribution in [3.8, 4) is 23.0 Å². The van der Waals surface area contributed by atoms with Crippen LogP contribution in [0.3, 0.4) is 0 Å². The van der Waals surface area contributed by atoms with E-state index in [0.717, 1.165) is 29.0 Å². The molecule has 8 heteroatoms. The number of carbonyl (C=O) groups is 1. The van der Waals surface area contributed by atoms with Crippen molar-refractivity contribution in [1.29, 1.82) is 0 Å². The number of nitrogens with zero attached hydrogens (tertiary/aromatic N) is 5. The number of hydrogen-bond acceptors (Lipinski definition) is 6. The normalized spacial score (nSPS) is 17.6. The molecule has 3 aromatic heterocycles. The van der Waals surface area contributed by atoms with Crippen molar-refractivity contribution in [2.75, 3.05) is 18.8 Å². The van der Waals surface area contributed by atoms with Crippen LogP contribution in [0.5, 0.6) is 11.6 Å². The first kappa shape index (κ1) is 21.3. The Balaban J connectivity index is 1.30. The van der Waals surface area contributed by atoms with Crippen molar-refractivity contribution in [2.24, 2.45) is 0 Å². The molecule has 35 heavy (non-hydrogen) atoms. The highest BCUT2D eigenvalue weighted by Gasteiger charge is 2.30. The van der Waals surface area contributed by atoms with Gasteiger partial charge in [-0.2, -0.15) is 0 Å². The van der Waals surface area contributed by atoms with E-state index in [1.54, 1.807) is 12.4 Å². The third-order valence-corrected chi connectivity index (χ3v) is 6.81. The van der Waals surface area contributed by atoms with Gasteiger partial charge in [0, 0.05) is 43.0 Å². The van der Waals surface area contributed by atoms with E-state index < -0.39 is 0 Å². The maximum absolute atomic E-state index is 12.1. The molecule has 4 heterocycles. The summed E-state index contributed by atoms with van der Waals surface area (Å²) in [5.41, 5.74) is 10.3. The highest BCUT2D eigenvalue weighted by Crippen LogP contribution is 2.41. The summed E-state index contributed by atoms with van der Waals surface area (Å²) in [6.07, 6.45) is 8.18. The van der Waals surface area contributed by atoms with E-state index in [1.807, 2.05) is 45.7 Å². The van der Waals surface area contributed by atoms with Crippen LogP contribution in [0, 0.1) is 0 Å². The van der Waals surface area contributed by atoms with Gasteiger partial charge in [-0.3, -0.25) is 9.20 Å². The quantitative estimate of drug-likeness (QED) is 0.419. The zero-order valence-electron chi connectivity index (χ0n) is 19.3. The number of likely N-dealkylation sites (tertiary alicyclic amines) is 1. The molecule has 6 rings (SSSR count). The lowest BCUT2D eigenvalue weighted by Crippen LogP contribution is -2.26. The second-order valence-electron chi connectivity index (χ2n) is 9.15. The van der Waals surface area contributed by atoms with Crippen LogP contribution in [0.1, 0.15) is 42.4 Å². The molecule has 1 aliphatic heterocycles. The predicted molar refractivity (Wildman–Crippen MR) is 133 cm³/mol. The summed E-state index contributed by atoms with van der Waals surface area (Å²) in [5.74, 6) is 3.11. The van der Waals surface area contributed by atoms with Crippen molar-refractivity contribution >= 4 is 17.4 Å². The first-order valence-corrected chi connectivity index (χ1v) is 11.9. The number of hydrogen-bond donors (Lipinski definition) is 1. The van der Waals surface area contributed by atoms with Gasteiger partial charge in [0.1, 0.15) is 11.6 Å². The number of pyridine rings is 1. The number of carbonyl (C=O) groups excluding carboxylic acids is 1. The lowest BCUT2D eigenvalue weighted by atomic mass is 10.0. The van der Waals surface area contributed by atoms with Crippen LogP contribution in [0.25, 0.3) is 16.9 Å². The van der Waals surface area contributed by atoms with Crippen molar-refractivity contribution in [2.45, 2.75) is 31.1 Å². The molecule has 1 aromatic carbocycles. The molecule has 1 aliphatic carbocycles. The molecule has 2 fully saturated rings. The highest BCUT2D eigenvalue weighted by molar-refractivity contribution is 5.87.